The number of nitrogens with zero attached hydrogens (tertiary/aromatic N) is 1. The molecular formula is C14H20N2O5. The average molecular weight is 296 g/mol. The quantitative estimate of drug-likeness (QED) is 0.443. The van der Waals surface area contributed by atoms with E-state index in [9.17, 15) is 10.1 Å². The fourth-order valence-corrected chi connectivity index (χ4v) is 2.34. The molecule has 3 atom stereocenters. The molecule has 2 rings (SSSR count). The summed E-state index contributed by atoms with van der Waals surface area (Å²) in [5.41, 5.74) is -0.0268. The van der Waals surface area contributed by atoms with Gasteiger partial charge in [-0.1, -0.05) is 12.1 Å². The zero-order valence-corrected chi connectivity index (χ0v) is 12.2. The summed E-state index contributed by atoms with van der Waals surface area (Å²) >= 11 is 0. The van der Waals surface area contributed by atoms with Gasteiger partial charge in [0.15, 0.2) is 5.75 Å². The predicted molar refractivity (Wildman–Crippen MR) is 76.6 cm³/mol. The zero-order chi connectivity index (χ0) is 15.2. The first-order chi connectivity index (χ1) is 10.2. The van der Waals surface area contributed by atoms with Gasteiger partial charge in [-0.15, -0.1) is 0 Å². The Kier molecular flexibility index (Phi) is 5.49. The van der Waals surface area contributed by atoms with E-state index >= 15 is 0 Å². The molecule has 116 valence electrons. The third-order valence-electron chi connectivity index (χ3n) is 3.56. The van der Waals surface area contributed by atoms with Gasteiger partial charge in [0.05, 0.1) is 18.1 Å². The molecule has 1 saturated carbocycles. The number of methoxy groups -OCH3 is 1. The van der Waals surface area contributed by atoms with Crippen LogP contribution in [-0.4, -0.2) is 50.5 Å². The van der Waals surface area contributed by atoms with Crippen molar-refractivity contribution < 1.29 is 19.1 Å². The Morgan fingerprint density at radius 3 is 2.81 bits per heavy atom. The third kappa shape index (κ3) is 3.69. The highest BCUT2D eigenvalue weighted by Gasteiger charge is 2.43. The average Bonchev–Trinajstić information content (AvgIpc) is 2.47. The smallest absolute Gasteiger partial charge is 0.310 e. The second-order valence-electron chi connectivity index (χ2n) is 4.84. The van der Waals surface area contributed by atoms with Crippen molar-refractivity contribution in [2.45, 2.75) is 24.7 Å². The van der Waals surface area contributed by atoms with E-state index in [1.165, 1.54) is 6.07 Å². The highest BCUT2D eigenvalue weighted by atomic mass is 16.6. The molecule has 3 unspecified atom stereocenters. The van der Waals surface area contributed by atoms with Gasteiger partial charge in [0, 0.05) is 25.6 Å². The van der Waals surface area contributed by atoms with Crippen LogP contribution < -0.4 is 10.1 Å². The minimum absolute atomic E-state index is 0.0268. The normalized spacial score (nSPS) is 24.4. The Balaban J connectivity index is 2.00. The minimum Gasteiger partial charge on any atom is -0.481 e. The summed E-state index contributed by atoms with van der Waals surface area (Å²) in [5, 5.41) is 14.1. The maximum Gasteiger partial charge on any atom is 0.310 e. The van der Waals surface area contributed by atoms with Crippen LogP contribution in [0.3, 0.4) is 0 Å². The number of likely N-dealkylation sites (N-methyl/N-ethyl adjacent to an activating group) is 1. The number of nitro benzene ring substituents is 1. The number of para-hydroxylation sites is 2. The summed E-state index contributed by atoms with van der Waals surface area (Å²) in [6, 6.07) is 6.57. The Morgan fingerprint density at radius 2 is 2.14 bits per heavy atom. The van der Waals surface area contributed by atoms with Crippen molar-refractivity contribution in [3.05, 3.63) is 34.4 Å². The van der Waals surface area contributed by atoms with Crippen molar-refractivity contribution in [2.24, 2.45) is 0 Å². The molecule has 1 aromatic rings. The van der Waals surface area contributed by atoms with Crippen molar-refractivity contribution in [1.29, 1.82) is 0 Å². The lowest BCUT2D eigenvalue weighted by molar-refractivity contribution is -0.386. The number of rotatable bonds is 8. The van der Waals surface area contributed by atoms with Crippen molar-refractivity contribution in [1.82, 2.24) is 5.32 Å². The molecule has 0 bridgehead atoms. The topological polar surface area (TPSA) is 82.9 Å². The lowest BCUT2D eigenvalue weighted by Crippen LogP contribution is -2.60. The second kappa shape index (κ2) is 7.35. The van der Waals surface area contributed by atoms with E-state index in [2.05, 4.69) is 5.32 Å². The SMILES string of the molecule is CNC1CC(Oc2ccccc2[N+](=O)[O-])C1OCCOC. The van der Waals surface area contributed by atoms with Crippen LogP contribution in [0.25, 0.3) is 0 Å². The van der Waals surface area contributed by atoms with Crippen molar-refractivity contribution in [3.8, 4) is 5.75 Å². The first-order valence-corrected chi connectivity index (χ1v) is 6.85. The van der Waals surface area contributed by atoms with Crippen LogP contribution in [-0.2, 0) is 9.47 Å². The van der Waals surface area contributed by atoms with E-state index in [0.29, 0.717) is 13.2 Å². The molecule has 0 amide bonds. The van der Waals surface area contributed by atoms with Gasteiger partial charge >= 0.3 is 5.69 Å². The fraction of sp³-hybridized carbons (Fsp3) is 0.571. The fourth-order valence-electron chi connectivity index (χ4n) is 2.34. The van der Waals surface area contributed by atoms with Crippen molar-refractivity contribution in [3.63, 3.8) is 0 Å². The second-order valence-corrected chi connectivity index (χ2v) is 4.84. The first kappa shape index (κ1) is 15.7. The molecule has 1 fully saturated rings. The lowest BCUT2D eigenvalue weighted by Gasteiger charge is -2.43. The maximum atomic E-state index is 11.0. The van der Waals surface area contributed by atoms with Gasteiger partial charge in [-0.05, 0) is 13.1 Å². The summed E-state index contributed by atoms with van der Waals surface area (Å²) in [4.78, 5) is 10.5. The van der Waals surface area contributed by atoms with Crippen LogP contribution in [0.2, 0.25) is 0 Å². The number of ether oxygens (including phenoxy) is 3. The molecule has 0 saturated heterocycles. The molecule has 0 radical (unpaired) electrons. The van der Waals surface area contributed by atoms with Crippen molar-refractivity contribution in [2.75, 3.05) is 27.4 Å². The van der Waals surface area contributed by atoms with E-state index in [4.69, 9.17) is 14.2 Å². The molecule has 0 spiro atoms. The Bertz CT molecular complexity index is 482. The minimum atomic E-state index is -0.440. The molecule has 1 aliphatic carbocycles. The van der Waals surface area contributed by atoms with E-state index in [1.807, 2.05) is 7.05 Å². The molecule has 1 aromatic carbocycles. The van der Waals surface area contributed by atoms with Gasteiger partial charge < -0.3 is 19.5 Å². The zero-order valence-electron chi connectivity index (χ0n) is 12.2. The molecule has 1 N–H and O–H groups in total. The van der Waals surface area contributed by atoms with Gasteiger partial charge in [0.1, 0.15) is 12.2 Å². The molecule has 1 aliphatic rings. The Labute approximate surface area is 123 Å². The van der Waals surface area contributed by atoms with Gasteiger partial charge in [-0.2, -0.15) is 0 Å². The summed E-state index contributed by atoms with van der Waals surface area (Å²) < 4.78 is 16.5. The summed E-state index contributed by atoms with van der Waals surface area (Å²) in [6.45, 7) is 0.973. The van der Waals surface area contributed by atoms with Crippen molar-refractivity contribution >= 4 is 5.69 Å². The number of benzene rings is 1. The summed E-state index contributed by atoms with van der Waals surface area (Å²) in [5.74, 6) is 0.280. The van der Waals surface area contributed by atoms with Gasteiger partial charge in [0.2, 0.25) is 0 Å². The highest BCUT2D eigenvalue weighted by molar-refractivity contribution is 5.46. The molecule has 0 aromatic heterocycles. The number of hydrogen-bond acceptors (Lipinski definition) is 6. The molecule has 21 heavy (non-hydrogen) atoms. The largest absolute Gasteiger partial charge is 0.481 e. The van der Waals surface area contributed by atoms with E-state index < -0.39 is 4.92 Å². The van der Waals surface area contributed by atoms with Gasteiger partial charge in [-0.3, -0.25) is 10.1 Å². The maximum absolute atomic E-state index is 11.0. The summed E-state index contributed by atoms with van der Waals surface area (Å²) in [7, 11) is 3.47. The third-order valence-corrected chi connectivity index (χ3v) is 3.56. The number of nitro groups is 1. The van der Waals surface area contributed by atoms with Crippen LogP contribution in [0.5, 0.6) is 5.75 Å². The molecule has 0 aliphatic heterocycles. The van der Waals surface area contributed by atoms with Crippen LogP contribution >= 0.6 is 0 Å². The number of nitrogens with one attached hydrogen (secondary N) is 1. The first-order valence-electron chi connectivity index (χ1n) is 6.85. The van der Waals surface area contributed by atoms with Crippen LogP contribution in [0.4, 0.5) is 5.69 Å². The van der Waals surface area contributed by atoms with Gasteiger partial charge in [0.25, 0.3) is 0 Å². The molecule has 0 heterocycles. The van der Waals surface area contributed by atoms with Crippen LogP contribution in [0.1, 0.15) is 6.42 Å². The van der Waals surface area contributed by atoms with E-state index in [-0.39, 0.29) is 29.7 Å². The Hall–Kier alpha value is -1.70. The van der Waals surface area contributed by atoms with Gasteiger partial charge in [-0.25, -0.2) is 0 Å². The van der Waals surface area contributed by atoms with E-state index in [0.717, 1.165) is 6.42 Å². The summed E-state index contributed by atoms with van der Waals surface area (Å²) in [6.07, 6.45) is 0.422. The van der Waals surface area contributed by atoms with Crippen LogP contribution in [0.15, 0.2) is 24.3 Å². The standard InChI is InChI=1S/C14H20N2O5/c1-15-10-9-13(14(10)20-8-7-19-2)21-12-6-4-3-5-11(12)16(17)18/h3-6,10,13-15H,7-9H2,1-2H3. The molecule has 7 nitrogen and oxygen atoms in total. The Morgan fingerprint density at radius 1 is 1.38 bits per heavy atom. The number of hydrogen-bond donors (Lipinski definition) is 1. The highest BCUT2D eigenvalue weighted by Crippen LogP contribution is 2.33. The van der Waals surface area contributed by atoms with Crippen LogP contribution in [0, 0.1) is 10.1 Å². The predicted octanol–water partition coefficient (Wildman–Crippen LogP) is 1.37. The monoisotopic (exact) mass is 296 g/mol. The van der Waals surface area contributed by atoms with E-state index in [1.54, 1.807) is 25.3 Å². The molecule has 7 heteroatoms. The molecular weight excluding hydrogens is 276 g/mol. The lowest BCUT2D eigenvalue weighted by atomic mass is 9.85.